The van der Waals surface area contributed by atoms with E-state index in [1.165, 1.54) is 0 Å². The highest BCUT2D eigenvalue weighted by Gasteiger charge is 2.33. The quantitative estimate of drug-likeness (QED) is 0.851. The fourth-order valence-corrected chi connectivity index (χ4v) is 4.34. The molecule has 2 aliphatic heterocycles. The van der Waals surface area contributed by atoms with Crippen LogP contribution in [0.2, 0.25) is 0 Å². The Bertz CT molecular complexity index is 866. The second-order valence-corrected chi connectivity index (χ2v) is 7.41. The smallest absolute Gasteiger partial charge is 0.317 e. The number of benzene rings is 1. The summed E-state index contributed by atoms with van der Waals surface area (Å²) in [4.78, 5) is 25.2. The molecule has 0 bridgehead atoms. The van der Waals surface area contributed by atoms with Gasteiger partial charge in [0, 0.05) is 43.7 Å². The molecule has 2 fully saturated rings. The van der Waals surface area contributed by atoms with Crippen molar-refractivity contribution in [2.24, 2.45) is 5.92 Å². The molecule has 2 saturated heterocycles. The lowest BCUT2D eigenvalue weighted by Gasteiger charge is -2.38. The highest BCUT2D eigenvalue weighted by molar-refractivity contribution is 5.92. The fraction of sp³-hybridized carbons (Fsp3) is 0.550. The number of amides is 2. The number of hydrogen-bond donors (Lipinski definition) is 1. The molecule has 3 heterocycles. The van der Waals surface area contributed by atoms with Gasteiger partial charge in [-0.1, -0.05) is 0 Å². The molecule has 0 saturated carbocycles. The third kappa shape index (κ3) is 3.27. The third-order valence-electron chi connectivity index (χ3n) is 6.02. The highest BCUT2D eigenvalue weighted by Crippen LogP contribution is 2.36. The predicted molar refractivity (Wildman–Crippen MR) is 107 cm³/mol. The summed E-state index contributed by atoms with van der Waals surface area (Å²) in [5.41, 5.74) is 0.840. The monoisotopic (exact) mass is 385 g/mol. The average Bonchev–Trinajstić information content (AvgIpc) is 3.17. The number of aromatic nitrogens is 2. The van der Waals surface area contributed by atoms with Crippen LogP contribution in [0.4, 0.5) is 10.6 Å². The summed E-state index contributed by atoms with van der Waals surface area (Å²) >= 11 is 0. The molecule has 1 aromatic heterocycles. The molecule has 2 aromatic rings. The Kier molecular flexibility index (Phi) is 5.11. The van der Waals surface area contributed by atoms with Crippen molar-refractivity contribution in [3.05, 3.63) is 18.5 Å². The molecule has 1 unspecified atom stereocenters. The van der Waals surface area contributed by atoms with Crippen molar-refractivity contribution >= 4 is 22.8 Å². The van der Waals surface area contributed by atoms with Gasteiger partial charge in [-0.2, -0.15) is 0 Å². The molecule has 1 aromatic carbocycles. The van der Waals surface area contributed by atoms with Crippen LogP contribution in [0, 0.1) is 5.92 Å². The van der Waals surface area contributed by atoms with Crippen molar-refractivity contribution in [1.82, 2.24) is 20.2 Å². The van der Waals surface area contributed by atoms with Crippen LogP contribution in [0.5, 0.6) is 11.5 Å². The predicted octanol–water partition coefficient (Wildman–Crippen LogP) is 2.28. The molecule has 28 heavy (non-hydrogen) atoms. The van der Waals surface area contributed by atoms with E-state index in [9.17, 15) is 4.79 Å². The summed E-state index contributed by atoms with van der Waals surface area (Å²) in [5, 5.41) is 3.87. The Morgan fingerprint density at radius 3 is 2.46 bits per heavy atom. The Labute approximate surface area is 164 Å². The van der Waals surface area contributed by atoms with Crippen LogP contribution < -0.4 is 19.7 Å². The Morgan fingerprint density at radius 2 is 1.82 bits per heavy atom. The molecule has 8 nitrogen and oxygen atoms in total. The molecule has 2 amide bonds. The molecule has 0 spiro atoms. The SMILES string of the molecule is COc1cc2ncnc(N3CCC(C(C)N4CCNC4=O)CC3)c2cc1OC. The first-order valence-corrected chi connectivity index (χ1v) is 9.78. The summed E-state index contributed by atoms with van der Waals surface area (Å²) in [5.74, 6) is 2.77. The van der Waals surface area contributed by atoms with Crippen molar-refractivity contribution in [1.29, 1.82) is 0 Å². The zero-order chi connectivity index (χ0) is 19.7. The molecule has 8 heteroatoms. The summed E-state index contributed by atoms with van der Waals surface area (Å²) < 4.78 is 10.9. The Hall–Kier alpha value is -2.77. The van der Waals surface area contributed by atoms with Gasteiger partial charge in [0.2, 0.25) is 0 Å². The van der Waals surface area contributed by atoms with E-state index in [0.29, 0.717) is 17.4 Å². The van der Waals surface area contributed by atoms with Crippen molar-refractivity contribution in [3.8, 4) is 11.5 Å². The lowest BCUT2D eigenvalue weighted by Crippen LogP contribution is -2.45. The minimum absolute atomic E-state index is 0.0674. The Morgan fingerprint density at radius 1 is 1.11 bits per heavy atom. The van der Waals surface area contributed by atoms with Gasteiger partial charge in [0.15, 0.2) is 11.5 Å². The van der Waals surface area contributed by atoms with Gasteiger partial charge in [0.1, 0.15) is 12.1 Å². The minimum Gasteiger partial charge on any atom is -0.493 e. The zero-order valence-electron chi connectivity index (χ0n) is 16.6. The number of urea groups is 1. The number of rotatable bonds is 5. The summed E-state index contributed by atoms with van der Waals surface area (Å²) in [7, 11) is 3.26. The van der Waals surface area contributed by atoms with Crippen molar-refractivity contribution in [3.63, 3.8) is 0 Å². The maximum atomic E-state index is 12.0. The molecule has 4 rings (SSSR count). The van der Waals surface area contributed by atoms with Crippen LogP contribution in [-0.2, 0) is 0 Å². The molecule has 1 atom stereocenters. The topological polar surface area (TPSA) is 79.8 Å². The summed E-state index contributed by atoms with van der Waals surface area (Å²) in [6.45, 7) is 5.54. The summed E-state index contributed by atoms with van der Waals surface area (Å²) in [6.07, 6.45) is 3.67. The zero-order valence-corrected chi connectivity index (χ0v) is 16.6. The second kappa shape index (κ2) is 7.69. The van der Waals surface area contributed by atoms with Crippen molar-refractivity contribution < 1.29 is 14.3 Å². The number of fused-ring (bicyclic) bond motifs is 1. The van der Waals surface area contributed by atoms with E-state index in [4.69, 9.17) is 9.47 Å². The number of carbonyl (C=O) groups is 1. The number of ether oxygens (including phenoxy) is 2. The number of carbonyl (C=O) groups excluding carboxylic acids is 1. The molecular weight excluding hydrogens is 358 g/mol. The van der Waals surface area contributed by atoms with Gasteiger partial charge in [-0.25, -0.2) is 14.8 Å². The van der Waals surface area contributed by atoms with Crippen LogP contribution in [0.25, 0.3) is 10.9 Å². The normalized spacial score (nSPS) is 19.0. The lowest BCUT2D eigenvalue weighted by atomic mass is 9.89. The van der Waals surface area contributed by atoms with Gasteiger partial charge in [-0.05, 0) is 31.7 Å². The number of nitrogens with one attached hydrogen (secondary N) is 1. The number of methoxy groups -OCH3 is 2. The Balaban J connectivity index is 1.53. The van der Waals surface area contributed by atoms with E-state index in [0.717, 1.165) is 55.7 Å². The van der Waals surface area contributed by atoms with E-state index < -0.39 is 0 Å². The van der Waals surface area contributed by atoms with Crippen LogP contribution >= 0.6 is 0 Å². The van der Waals surface area contributed by atoms with E-state index in [-0.39, 0.29) is 12.1 Å². The van der Waals surface area contributed by atoms with Crippen molar-refractivity contribution in [2.45, 2.75) is 25.8 Å². The van der Waals surface area contributed by atoms with E-state index in [1.807, 2.05) is 17.0 Å². The lowest BCUT2D eigenvalue weighted by molar-refractivity contribution is 0.167. The highest BCUT2D eigenvalue weighted by atomic mass is 16.5. The van der Waals surface area contributed by atoms with E-state index >= 15 is 0 Å². The molecular formula is C20H27N5O3. The first kappa shape index (κ1) is 18.6. The summed E-state index contributed by atoms with van der Waals surface area (Å²) in [6, 6.07) is 4.17. The second-order valence-electron chi connectivity index (χ2n) is 7.41. The number of nitrogens with zero attached hydrogens (tertiary/aromatic N) is 4. The number of anilines is 1. The first-order chi connectivity index (χ1) is 13.6. The average molecular weight is 385 g/mol. The van der Waals surface area contributed by atoms with Gasteiger partial charge in [0.05, 0.1) is 19.7 Å². The standard InChI is InChI=1S/C20H27N5O3/c1-13(25-9-6-21-20(25)26)14-4-7-24(8-5-14)19-15-10-17(27-2)18(28-3)11-16(15)22-12-23-19/h10-14H,4-9H2,1-3H3,(H,21,26). The third-order valence-corrected chi connectivity index (χ3v) is 6.02. The fourth-order valence-electron chi connectivity index (χ4n) is 4.34. The number of hydrogen-bond acceptors (Lipinski definition) is 6. The molecule has 2 aliphatic rings. The van der Waals surface area contributed by atoms with Crippen LogP contribution in [0.15, 0.2) is 18.5 Å². The van der Waals surface area contributed by atoms with E-state index in [2.05, 4.69) is 27.1 Å². The van der Waals surface area contributed by atoms with Crippen LogP contribution in [0.1, 0.15) is 19.8 Å². The van der Waals surface area contributed by atoms with Gasteiger partial charge >= 0.3 is 6.03 Å². The van der Waals surface area contributed by atoms with E-state index in [1.54, 1.807) is 20.5 Å². The van der Waals surface area contributed by atoms with Gasteiger partial charge in [-0.3, -0.25) is 0 Å². The minimum atomic E-state index is 0.0674. The molecule has 0 aliphatic carbocycles. The maximum absolute atomic E-state index is 12.0. The molecule has 0 radical (unpaired) electrons. The van der Waals surface area contributed by atoms with Crippen molar-refractivity contribution in [2.75, 3.05) is 45.3 Å². The number of piperidine rings is 1. The maximum Gasteiger partial charge on any atom is 0.317 e. The van der Waals surface area contributed by atoms with Crippen LogP contribution in [-0.4, -0.2) is 67.3 Å². The van der Waals surface area contributed by atoms with Gasteiger partial charge in [-0.15, -0.1) is 0 Å². The van der Waals surface area contributed by atoms with Crippen LogP contribution in [0.3, 0.4) is 0 Å². The van der Waals surface area contributed by atoms with Gasteiger partial charge in [0.25, 0.3) is 0 Å². The first-order valence-electron chi connectivity index (χ1n) is 9.78. The van der Waals surface area contributed by atoms with Gasteiger partial charge < -0.3 is 24.6 Å². The molecule has 1 N–H and O–H groups in total. The largest absolute Gasteiger partial charge is 0.493 e. The molecule has 150 valence electrons.